The molecule has 25 heavy (non-hydrogen) atoms. The first-order chi connectivity index (χ1) is 11.8. The summed E-state index contributed by atoms with van der Waals surface area (Å²) >= 11 is 0. The summed E-state index contributed by atoms with van der Waals surface area (Å²) in [5.74, 6) is -0.562. The highest BCUT2D eigenvalue weighted by Gasteiger charge is 2.40. The van der Waals surface area contributed by atoms with Crippen LogP contribution in [0.5, 0.6) is 0 Å². The first-order valence-corrected chi connectivity index (χ1v) is 8.33. The number of amides is 3. The van der Waals surface area contributed by atoms with Gasteiger partial charge in [0, 0.05) is 51.6 Å². The van der Waals surface area contributed by atoms with Gasteiger partial charge in [-0.3, -0.25) is 14.4 Å². The van der Waals surface area contributed by atoms with Crippen LogP contribution < -0.4 is 10.2 Å². The zero-order valence-corrected chi connectivity index (χ0v) is 15.3. The highest BCUT2D eigenvalue weighted by atomic mass is 16.2. The Morgan fingerprint density at radius 3 is 2.12 bits per heavy atom. The quantitative estimate of drug-likeness (QED) is 0.638. The van der Waals surface area contributed by atoms with E-state index < -0.39 is 5.41 Å². The third-order valence-electron chi connectivity index (χ3n) is 4.49. The molecule has 1 saturated heterocycles. The molecule has 2 rings (SSSR count). The number of nitrogens with one attached hydrogen (secondary N) is 1. The number of hydrogen-bond donors (Lipinski definition) is 1. The van der Waals surface area contributed by atoms with Crippen LogP contribution in [0.3, 0.4) is 0 Å². The molecule has 0 bridgehead atoms. The summed E-state index contributed by atoms with van der Waals surface area (Å²) in [6.07, 6.45) is 0.789. The number of nitrogens with zero attached hydrogens (tertiary/aromatic N) is 3. The largest absolute Gasteiger partial charge is 0.378 e. The zero-order valence-electron chi connectivity index (χ0n) is 15.3. The second kappa shape index (κ2) is 7.55. The maximum atomic E-state index is 12.7. The van der Waals surface area contributed by atoms with Crippen LogP contribution in [0, 0.1) is 5.41 Å². The Morgan fingerprint density at radius 2 is 1.64 bits per heavy atom. The first-order valence-electron chi connectivity index (χ1n) is 8.33. The molecular formula is C18H26N4O3. The molecule has 7 nitrogen and oxygen atoms in total. The van der Waals surface area contributed by atoms with Gasteiger partial charge in [0.05, 0.1) is 0 Å². The average Bonchev–Trinajstić information content (AvgIpc) is 2.61. The highest BCUT2D eigenvalue weighted by molar-refractivity contribution is 6.09. The average molecular weight is 346 g/mol. The number of carbonyl (C=O) groups excluding carboxylic acids is 3. The molecule has 136 valence electrons. The monoisotopic (exact) mass is 346 g/mol. The number of carbonyl (C=O) groups is 3. The molecule has 1 fully saturated rings. The normalized spacial score (nSPS) is 14.9. The topological polar surface area (TPSA) is 73.0 Å². The van der Waals surface area contributed by atoms with Crippen molar-refractivity contribution in [2.45, 2.75) is 13.8 Å². The van der Waals surface area contributed by atoms with E-state index in [0.29, 0.717) is 31.9 Å². The maximum absolute atomic E-state index is 12.7. The van der Waals surface area contributed by atoms with Gasteiger partial charge in [-0.25, -0.2) is 0 Å². The first kappa shape index (κ1) is 18.8. The summed E-state index contributed by atoms with van der Waals surface area (Å²) < 4.78 is 0. The van der Waals surface area contributed by atoms with Crippen molar-refractivity contribution in [2.75, 3.05) is 50.5 Å². The van der Waals surface area contributed by atoms with Crippen LogP contribution >= 0.6 is 0 Å². The molecular weight excluding hydrogens is 320 g/mol. The molecule has 7 heteroatoms. The smallest absolute Gasteiger partial charge is 0.239 e. The predicted molar refractivity (Wildman–Crippen MR) is 97.4 cm³/mol. The molecule has 0 spiro atoms. The zero-order chi connectivity index (χ0) is 18.6. The molecule has 0 unspecified atom stereocenters. The van der Waals surface area contributed by atoms with E-state index in [1.54, 1.807) is 23.6 Å². The molecule has 0 aromatic heterocycles. The van der Waals surface area contributed by atoms with E-state index in [1.807, 2.05) is 43.3 Å². The Balaban J connectivity index is 2.01. The van der Waals surface area contributed by atoms with Crippen LogP contribution in [-0.2, 0) is 14.4 Å². The van der Waals surface area contributed by atoms with Crippen molar-refractivity contribution < 1.29 is 14.4 Å². The summed E-state index contributed by atoms with van der Waals surface area (Å²) in [5.41, 5.74) is 0.507. The van der Waals surface area contributed by atoms with E-state index in [0.717, 1.165) is 12.1 Å². The summed E-state index contributed by atoms with van der Waals surface area (Å²) in [6.45, 7) is 5.16. The summed E-state index contributed by atoms with van der Waals surface area (Å²) in [4.78, 5) is 41.4. The van der Waals surface area contributed by atoms with Crippen molar-refractivity contribution in [3.05, 3.63) is 24.3 Å². The van der Waals surface area contributed by atoms with Crippen molar-refractivity contribution in [1.82, 2.24) is 9.80 Å². The molecule has 3 amide bonds. The van der Waals surface area contributed by atoms with Gasteiger partial charge < -0.3 is 20.0 Å². The fourth-order valence-corrected chi connectivity index (χ4v) is 2.65. The second-order valence-electron chi connectivity index (χ2n) is 6.95. The fraction of sp³-hybridized carbons (Fsp3) is 0.500. The Bertz CT molecular complexity index is 632. The van der Waals surface area contributed by atoms with Gasteiger partial charge in [0.25, 0.3) is 0 Å². The number of piperazine rings is 1. The summed E-state index contributed by atoms with van der Waals surface area (Å²) in [7, 11) is 3.89. The Kier molecular flexibility index (Phi) is 5.66. The minimum absolute atomic E-state index is 0.222. The maximum Gasteiger partial charge on any atom is 0.239 e. The molecule has 0 aliphatic carbocycles. The lowest BCUT2D eigenvalue weighted by atomic mass is 9.89. The van der Waals surface area contributed by atoms with Gasteiger partial charge in [-0.05, 0) is 38.1 Å². The van der Waals surface area contributed by atoms with E-state index >= 15 is 0 Å². The van der Waals surface area contributed by atoms with E-state index in [4.69, 9.17) is 0 Å². The second-order valence-corrected chi connectivity index (χ2v) is 6.95. The van der Waals surface area contributed by atoms with Crippen LogP contribution in [0.4, 0.5) is 11.4 Å². The van der Waals surface area contributed by atoms with Crippen LogP contribution in [-0.4, -0.2) is 68.3 Å². The summed E-state index contributed by atoms with van der Waals surface area (Å²) in [5, 5.41) is 2.82. The van der Waals surface area contributed by atoms with Crippen LogP contribution in [0.2, 0.25) is 0 Å². The van der Waals surface area contributed by atoms with Gasteiger partial charge >= 0.3 is 0 Å². The van der Waals surface area contributed by atoms with E-state index in [-0.39, 0.29) is 11.8 Å². The Labute approximate surface area is 148 Å². The molecule has 1 aromatic carbocycles. The molecule has 1 N–H and O–H groups in total. The molecule has 1 aliphatic rings. The van der Waals surface area contributed by atoms with Gasteiger partial charge in [-0.1, -0.05) is 0 Å². The third-order valence-corrected chi connectivity index (χ3v) is 4.49. The van der Waals surface area contributed by atoms with Gasteiger partial charge in [-0.2, -0.15) is 0 Å². The van der Waals surface area contributed by atoms with Gasteiger partial charge in [-0.15, -0.1) is 0 Å². The van der Waals surface area contributed by atoms with Gasteiger partial charge in [0.1, 0.15) is 5.41 Å². The Morgan fingerprint density at radius 1 is 1.08 bits per heavy atom. The number of rotatable bonds is 5. The number of anilines is 2. The third kappa shape index (κ3) is 4.29. The van der Waals surface area contributed by atoms with Crippen molar-refractivity contribution in [3.8, 4) is 0 Å². The summed E-state index contributed by atoms with van der Waals surface area (Å²) in [6, 6.07) is 7.44. The molecule has 0 saturated carbocycles. The van der Waals surface area contributed by atoms with Crippen LogP contribution in [0.15, 0.2) is 24.3 Å². The van der Waals surface area contributed by atoms with Gasteiger partial charge in [0.15, 0.2) is 0 Å². The SMILES string of the molecule is CN(C)c1ccc(NC(=O)C(C)(C)C(=O)N2CCN(C=O)CC2)cc1. The molecule has 1 aromatic rings. The molecule has 1 aliphatic heterocycles. The number of benzene rings is 1. The van der Waals surface area contributed by atoms with Crippen molar-refractivity contribution >= 4 is 29.6 Å². The van der Waals surface area contributed by atoms with Crippen molar-refractivity contribution in [1.29, 1.82) is 0 Å². The van der Waals surface area contributed by atoms with E-state index in [2.05, 4.69) is 5.32 Å². The lowest BCUT2D eigenvalue weighted by Gasteiger charge is -2.36. The highest BCUT2D eigenvalue weighted by Crippen LogP contribution is 2.24. The van der Waals surface area contributed by atoms with Crippen molar-refractivity contribution in [3.63, 3.8) is 0 Å². The van der Waals surface area contributed by atoms with E-state index in [9.17, 15) is 14.4 Å². The lowest BCUT2D eigenvalue weighted by molar-refractivity contribution is -0.148. The molecule has 1 heterocycles. The standard InChI is InChI=1S/C18H26N4O3/c1-18(2,17(25)22-11-9-21(13-23)10-12-22)16(24)19-14-5-7-15(8-6-14)20(3)4/h5-8,13H,9-12H2,1-4H3,(H,19,24). The van der Waals surface area contributed by atoms with Crippen LogP contribution in [0.1, 0.15) is 13.8 Å². The lowest BCUT2D eigenvalue weighted by Crippen LogP contribution is -2.54. The minimum atomic E-state index is -1.18. The van der Waals surface area contributed by atoms with Gasteiger partial charge in [0.2, 0.25) is 18.2 Å². The van der Waals surface area contributed by atoms with Crippen molar-refractivity contribution in [2.24, 2.45) is 5.41 Å². The predicted octanol–water partition coefficient (Wildman–Crippen LogP) is 1.02. The number of hydrogen-bond acceptors (Lipinski definition) is 4. The minimum Gasteiger partial charge on any atom is -0.378 e. The Hall–Kier alpha value is -2.57. The molecule has 0 atom stereocenters. The van der Waals surface area contributed by atoms with Crippen LogP contribution in [0.25, 0.3) is 0 Å². The molecule has 0 radical (unpaired) electrons. The van der Waals surface area contributed by atoms with E-state index in [1.165, 1.54) is 0 Å². The fourth-order valence-electron chi connectivity index (χ4n) is 2.65.